The summed E-state index contributed by atoms with van der Waals surface area (Å²) in [5.41, 5.74) is 10.3. The van der Waals surface area contributed by atoms with Crippen LogP contribution in [-0.4, -0.2) is 4.92 Å². The lowest BCUT2D eigenvalue weighted by atomic mass is 10.1. The van der Waals surface area contributed by atoms with E-state index >= 15 is 0 Å². The fourth-order valence-corrected chi connectivity index (χ4v) is 0.979. The van der Waals surface area contributed by atoms with Crippen LogP contribution in [0.5, 0.6) is 0 Å². The third-order valence-corrected chi connectivity index (χ3v) is 1.63. The van der Waals surface area contributed by atoms with Crippen LogP contribution in [0.3, 0.4) is 0 Å². The van der Waals surface area contributed by atoms with Crippen LogP contribution < -0.4 is 11.5 Å². The molecule has 0 heterocycles. The first kappa shape index (κ1) is 9.40. The van der Waals surface area contributed by atoms with Gasteiger partial charge in [-0.25, -0.2) is 4.39 Å². The molecule has 0 atom stereocenters. The second-order valence-corrected chi connectivity index (χ2v) is 2.46. The fraction of sp³-hybridized carbons (Fsp3) is 0.143. The molecule has 1 aromatic carbocycles. The predicted octanol–water partition coefficient (Wildman–Crippen LogP) is 0.775. The standard InChI is InChI=1S/C7H8FN3O2/c8-5-1-4(3-9)7(10)6(2-5)11(12)13/h1-2H,3,9-10H2. The van der Waals surface area contributed by atoms with E-state index in [-0.39, 0.29) is 17.8 Å². The number of halogens is 1. The topological polar surface area (TPSA) is 95.2 Å². The molecule has 0 saturated carbocycles. The minimum absolute atomic E-state index is 0.0234. The van der Waals surface area contributed by atoms with Gasteiger partial charge in [0.15, 0.2) is 0 Å². The molecule has 0 aliphatic carbocycles. The number of nitrogens with zero attached hydrogens (tertiary/aromatic N) is 1. The van der Waals surface area contributed by atoms with E-state index in [9.17, 15) is 14.5 Å². The number of nitrogen functional groups attached to an aromatic ring is 1. The molecule has 0 saturated heterocycles. The van der Waals surface area contributed by atoms with Crippen molar-refractivity contribution in [2.24, 2.45) is 5.73 Å². The van der Waals surface area contributed by atoms with Crippen molar-refractivity contribution in [1.29, 1.82) is 0 Å². The second-order valence-electron chi connectivity index (χ2n) is 2.46. The molecule has 0 fully saturated rings. The fourth-order valence-electron chi connectivity index (χ4n) is 0.979. The van der Waals surface area contributed by atoms with E-state index in [0.717, 1.165) is 12.1 Å². The Hall–Kier alpha value is -1.69. The second kappa shape index (κ2) is 3.36. The minimum Gasteiger partial charge on any atom is -0.393 e. The summed E-state index contributed by atoms with van der Waals surface area (Å²) in [5.74, 6) is -0.707. The SMILES string of the molecule is NCc1cc(F)cc([N+](=O)[O-])c1N. The zero-order valence-corrected chi connectivity index (χ0v) is 6.66. The summed E-state index contributed by atoms with van der Waals surface area (Å²) in [6, 6.07) is 1.86. The normalized spacial score (nSPS) is 10.0. The van der Waals surface area contributed by atoms with Crippen LogP contribution in [-0.2, 0) is 6.54 Å². The molecule has 0 aliphatic rings. The maximum Gasteiger partial charge on any atom is 0.295 e. The molecule has 0 aromatic heterocycles. The predicted molar refractivity (Wildman–Crippen MR) is 45.4 cm³/mol. The third-order valence-electron chi connectivity index (χ3n) is 1.63. The van der Waals surface area contributed by atoms with Crippen molar-refractivity contribution in [3.05, 3.63) is 33.6 Å². The summed E-state index contributed by atoms with van der Waals surface area (Å²) in [6.07, 6.45) is 0. The molecule has 0 unspecified atom stereocenters. The minimum atomic E-state index is -0.739. The molecule has 0 aliphatic heterocycles. The average Bonchev–Trinajstić information content (AvgIpc) is 2.08. The smallest absolute Gasteiger partial charge is 0.295 e. The number of nitro benzene ring substituents is 1. The van der Waals surface area contributed by atoms with Gasteiger partial charge in [0.05, 0.1) is 11.0 Å². The van der Waals surface area contributed by atoms with Crippen LogP contribution in [0.4, 0.5) is 15.8 Å². The van der Waals surface area contributed by atoms with Gasteiger partial charge >= 0.3 is 0 Å². The highest BCUT2D eigenvalue weighted by atomic mass is 19.1. The van der Waals surface area contributed by atoms with E-state index in [0.29, 0.717) is 0 Å². The number of hydrogen-bond acceptors (Lipinski definition) is 4. The van der Waals surface area contributed by atoms with Crippen LogP contribution in [0.2, 0.25) is 0 Å². The Morgan fingerprint density at radius 3 is 2.62 bits per heavy atom. The average molecular weight is 185 g/mol. The van der Waals surface area contributed by atoms with Crippen molar-refractivity contribution in [2.75, 3.05) is 5.73 Å². The van der Waals surface area contributed by atoms with Gasteiger partial charge in [0, 0.05) is 6.54 Å². The van der Waals surface area contributed by atoms with Crippen LogP contribution in [0.25, 0.3) is 0 Å². The first-order valence-corrected chi connectivity index (χ1v) is 3.48. The molecule has 6 heteroatoms. The van der Waals surface area contributed by atoms with Crippen molar-refractivity contribution in [1.82, 2.24) is 0 Å². The number of nitrogens with two attached hydrogens (primary N) is 2. The first-order valence-electron chi connectivity index (χ1n) is 3.48. The van der Waals surface area contributed by atoms with Crippen molar-refractivity contribution < 1.29 is 9.31 Å². The zero-order chi connectivity index (χ0) is 10.0. The summed E-state index contributed by atoms with van der Waals surface area (Å²) < 4.78 is 12.7. The maximum absolute atomic E-state index is 12.7. The molecule has 13 heavy (non-hydrogen) atoms. The number of nitro groups is 1. The molecule has 1 aromatic rings. The Bertz CT molecular complexity index is 354. The van der Waals surface area contributed by atoms with Crippen molar-refractivity contribution >= 4 is 11.4 Å². The highest BCUT2D eigenvalue weighted by Crippen LogP contribution is 2.26. The molecule has 0 amide bonds. The molecule has 0 spiro atoms. The summed E-state index contributed by atoms with van der Waals surface area (Å²) in [7, 11) is 0. The molecule has 1 rings (SSSR count). The summed E-state index contributed by atoms with van der Waals surface area (Å²) in [4.78, 5) is 9.62. The summed E-state index contributed by atoms with van der Waals surface area (Å²) in [6.45, 7) is -0.0234. The monoisotopic (exact) mass is 185 g/mol. The number of rotatable bonds is 2. The first-order chi connectivity index (χ1) is 6.06. The van der Waals surface area contributed by atoms with Crippen LogP contribution in [0, 0.1) is 15.9 Å². The molecular weight excluding hydrogens is 177 g/mol. The molecule has 70 valence electrons. The maximum atomic E-state index is 12.7. The lowest BCUT2D eigenvalue weighted by Crippen LogP contribution is -2.05. The van der Waals surface area contributed by atoms with Gasteiger partial charge in [0.25, 0.3) is 5.69 Å². The Labute approximate surface area is 73.3 Å². The van der Waals surface area contributed by atoms with Crippen molar-refractivity contribution in [2.45, 2.75) is 6.54 Å². The zero-order valence-electron chi connectivity index (χ0n) is 6.66. The Balaban J connectivity index is 3.35. The molecule has 0 bridgehead atoms. The molecular formula is C7H8FN3O2. The van der Waals surface area contributed by atoms with Gasteiger partial charge in [-0.05, 0) is 11.6 Å². The Kier molecular flexibility index (Phi) is 2.43. The molecule has 0 radical (unpaired) electrons. The Morgan fingerprint density at radius 2 is 2.15 bits per heavy atom. The summed E-state index contributed by atoms with van der Waals surface area (Å²) in [5, 5.41) is 10.4. The lowest BCUT2D eigenvalue weighted by Gasteiger charge is -2.03. The van der Waals surface area contributed by atoms with Gasteiger partial charge in [-0.15, -0.1) is 0 Å². The molecule has 5 nitrogen and oxygen atoms in total. The van der Waals surface area contributed by atoms with Crippen LogP contribution >= 0.6 is 0 Å². The van der Waals surface area contributed by atoms with Gasteiger partial charge in [-0.3, -0.25) is 10.1 Å². The van der Waals surface area contributed by atoms with Crippen LogP contribution in [0.1, 0.15) is 5.56 Å². The number of anilines is 1. The number of benzene rings is 1. The van der Waals surface area contributed by atoms with E-state index in [4.69, 9.17) is 11.5 Å². The van der Waals surface area contributed by atoms with Crippen molar-refractivity contribution in [3.63, 3.8) is 0 Å². The summed E-state index contributed by atoms with van der Waals surface area (Å²) >= 11 is 0. The van der Waals surface area contributed by atoms with Gasteiger partial charge in [0.1, 0.15) is 11.5 Å². The van der Waals surface area contributed by atoms with E-state index in [1.54, 1.807) is 0 Å². The van der Waals surface area contributed by atoms with E-state index in [2.05, 4.69) is 0 Å². The quantitative estimate of drug-likeness (QED) is 0.404. The van der Waals surface area contributed by atoms with E-state index < -0.39 is 16.4 Å². The molecule has 4 N–H and O–H groups in total. The van der Waals surface area contributed by atoms with E-state index in [1.165, 1.54) is 0 Å². The Morgan fingerprint density at radius 1 is 1.54 bits per heavy atom. The van der Waals surface area contributed by atoms with Gasteiger partial charge in [0.2, 0.25) is 0 Å². The number of hydrogen-bond donors (Lipinski definition) is 2. The lowest BCUT2D eigenvalue weighted by molar-refractivity contribution is -0.384. The van der Waals surface area contributed by atoms with Crippen molar-refractivity contribution in [3.8, 4) is 0 Å². The van der Waals surface area contributed by atoms with Gasteiger partial charge in [-0.2, -0.15) is 0 Å². The van der Waals surface area contributed by atoms with Gasteiger partial charge in [-0.1, -0.05) is 0 Å². The van der Waals surface area contributed by atoms with Gasteiger partial charge < -0.3 is 11.5 Å². The largest absolute Gasteiger partial charge is 0.393 e. The highest BCUT2D eigenvalue weighted by molar-refractivity contribution is 5.63. The van der Waals surface area contributed by atoms with E-state index in [1.807, 2.05) is 0 Å². The highest BCUT2D eigenvalue weighted by Gasteiger charge is 2.16. The van der Waals surface area contributed by atoms with Crippen LogP contribution in [0.15, 0.2) is 12.1 Å². The third kappa shape index (κ3) is 1.73.